The number of fused-ring (bicyclic) bond motifs is 2. The molecule has 0 spiro atoms. The number of esters is 1. The Balaban J connectivity index is 1.37. The highest BCUT2D eigenvalue weighted by molar-refractivity contribution is 7.18. The fraction of sp³-hybridized carbons (Fsp3) is 0.190. The average molecular weight is 378 g/mol. The Bertz CT molecular complexity index is 1100. The van der Waals surface area contributed by atoms with Gasteiger partial charge in [0.2, 0.25) is 5.78 Å². The summed E-state index contributed by atoms with van der Waals surface area (Å²) >= 11 is 1.57. The molecule has 0 fully saturated rings. The lowest BCUT2D eigenvalue weighted by Gasteiger charge is -2.11. The van der Waals surface area contributed by atoms with Crippen molar-refractivity contribution in [2.24, 2.45) is 0 Å². The second kappa shape index (κ2) is 7.32. The largest absolute Gasteiger partial charge is 0.454 e. The number of hydrogen-bond acceptors (Lipinski definition) is 5. The lowest BCUT2D eigenvalue weighted by atomic mass is 10.1. The Morgan fingerprint density at radius 1 is 1.15 bits per heavy atom. The molecule has 0 saturated heterocycles. The number of carbonyl (C=O) groups excluding carboxylic acids is 2. The van der Waals surface area contributed by atoms with Gasteiger partial charge in [0.25, 0.3) is 0 Å². The lowest BCUT2D eigenvalue weighted by Crippen LogP contribution is -2.24. The van der Waals surface area contributed by atoms with Gasteiger partial charge < -0.3 is 9.72 Å². The summed E-state index contributed by atoms with van der Waals surface area (Å²) in [5.41, 5.74) is 2.36. The third-order valence-electron chi connectivity index (χ3n) is 4.41. The van der Waals surface area contributed by atoms with Crippen molar-refractivity contribution in [3.8, 4) is 0 Å². The molecule has 2 aromatic heterocycles. The fourth-order valence-electron chi connectivity index (χ4n) is 3.04. The zero-order valence-electron chi connectivity index (χ0n) is 14.8. The van der Waals surface area contributed by atoms with Crippen LogP contribution in [-0.2, 0) is 16.0 Å². The van der Waals surface area contributed by atoms with Gasteiger partial charge in [0, 0.05) is 29.1 Å². The maximum atomic E-state index is 12.6. The van der Waals surface area contributed by atoms with Crippen LogP contribution in [0.4, 0.5) is 0 Å². The summed E-state index contributed by atoms with van der Waals surface area (Å²) in [4.78, 5) is 32.4. The van der Waals surface area contributed by atoms with Crippen molar-refractivity contribution in [2.45, 2.75) is 25.9 Å². The molecule has 4 aromatic rings. The Kier molecular flexibility index (Phi) is 4.73. The molecule has 1 N–H and O–H groups in total. The molecule has 5 nitrogen and oxygen atoms in total. The maximum Gasteiger partial charge on any atom is 0.306 e. The van der Waals surface area contributed by atoms with E-state index in [4.69, 9.17) is 4.74 Å². The highest BCUT2D eigenvalue weighted by Crippen LogP contribution is 2.23. The Hall–Kier alpha value is -2.99. The lowest BCUT2D eigenvalue weighted by molar-refractivity contribution is -0.146. The fourth-order valence-corrected chi connectivity index (χ4v) is 4.01. The Labute approximate surface area is 160 Å². The third-order valence-corrected chi connectivity index (χ3v) is 5.51. The molecule has 0 unspecified atom stereocenters. The standard InChI is InChI=1S/C21H18N2O3S/c1-13(21(25)15-12-22-16-7-3-2-6-14(15)16)26-20(24)11-10-19-23-17-8-4-5-9-18(17)27-19/h2-9,12-13,22H,10-11H2,1H3/t13-/m1/s1. The summed E-state index contributed by atoms with van der Waals surface area (Å²) < 4.78 is 6.46. The van der Waals surface area contributed by atoms with E-state index in [1.807, 2.05) is 48.5 Å². The second-order valence-electron chi connectivity index (χ2n) is 6.32. The number of ether oxygens (including phenoxy) is 1. The number of carbonyl (C=O) groups is 2. The van der Waals surface area contributed by atoms with E-state index in [0.29, 0.717) is 12.0 Å². The van der Waals surface area contributed by atoms with Gasteiger partial charge in [-0.3, -0.25) is 9.59 Å². The maximum absolute atomic E-state index is 12.6. The number of nitrogens with one attached hydrogen (secondary N) is 1. The van der Waals surface area contributed by atoms with Crippen LogP contribution in [-0.4, -0.2) is 27.8 Å². The summed E-state index contributed by atoms with van der Waals surface area (Å²) in [7, 11) is 0. The van der Waals surface area contributed by atoms with E-state index in [1.54, 1.807) is 24.5 Å². The van der Waals surface area contributed by atoms with Crippen LogP contribution < -0.4 is 0 Å². The van der Waals surface area contributed by atoms with Crippen molar-refractivity contribution < 1.29 is 14.3 Å². The number of H-pyrrole nitrogens is 1. The molecule has 27 heavy (non-hydrogen) atoms. The van der Waals surface area contributed by atoms with E-state index in [9.17, 15) is 9.59 Å². The van der Waals surface area contributed by atoms with E-state index in [2.05, 4.69) is 9.97 Å². The van der Waals surface area contributed by atoms with Crippen molar-refractivity contribution in [2.75, 3.05) is 0 Å². The van der Waals surface area contributed by atoms with Gasteiger partial charge in [-0.15, -0.1) is 11.3 Å². The summed E-state index contributed by atoms with van der Waals surface area (Å²) in [6.45, 7) is 1.61. The number of benzene rings is 2. The molecule has 0 amide bonds. The zero-order valence-corrected chi connectivity index (χ0v) is 15.6. The SMILES string of the molecule is C[C@@H](OC(=O)CCc1nc2ccccc2s1)C(=O)c1c[nH]c2ccccc12. The molecule has 1 atom stereocenters. The number of rotatable bonds is 6. The van der Waals surface area contributed by atoms with Gasteiger partial charge >= 0.3 is 5.97 Å². The quantitative estimate of drug-likeness (QED) is 0.395. The molecule has 136 valence electrons. The number of nitrogens with zero attached hydrogens (tertiary/aromatic N) is 1. The minimum atomic E-state index is -0.827. The molecular weight excluding hydrogens is 360 g/mol. The van der Waals surface area contributed by atoms with Crippen LogP contribution in [0.2, 0.25) is 0 Å². The first-order valence-electron chi connectivity index (χ1n) is 8.76. The van der Waals surface area contributed by atoms with Crippen molar-refractivity contribution in [3.63, 3.8) is 0 Å². The summed E-state index contributed by atoms with van der Waals surface area (Å²) in [5, 5.41) is 1.73. The predicted octanol–water partition coefficient (Wildman–Crippen LogP) is 4.52. The van der Waals surface area contributed by atoms with Crippen LogP contribution in [0.5, 0.6) is 0 Å². The number of para-hydroxylation sites is 2. The van der Waals surface area contributed by atoms with Gasteiger partial charge in [0.15, 0.2) is 6.10 Å². The van der Waals surface area contributed by atoms with Gasteiger partial charge in [-0.2, -0.15) is 0 Å². The van der Waals surface area contributed by atoms with Gasteiger partial charge in [-0.1, -0.05) is 30.3 Å². The summed E-state index contributed by atoms with van der Waals surface area (Å²) in [6, 6.07) is 15.4. The smallest absolute Gasteiger partial charge is 0.306 e. The number of aryl methyl sites for hydroxylation is 1. The summed E-state index contributed by atoms with van der Waals surface area (Å²) in [6.07, 6.45) is 1.54. The van der Waals surface area contributed by atoms with Gasteiger partial charge in [0.05, 0.1) is 21.6 Å². The van der Waals surface area contributed by atoms with Gasteiger partial charge in [-0.25, -0.2) is 4.98 Å². The van der Waals surface area contributed by atoms with Crippen LogP contribution >= 0.6 is 11.3 Å². The number of aromatic nitrogens is 2. The first-order valence-corrected chi connectivity index (χ1v) is 9.58. The highest BCUT2D eigenvalue weighted by atomic mass is 32.1. The van der Waals surface area contributed by atoms with Crippen LogP contribution in [0.15, 0.2) is 54.7 Å². The van der Waals surface area contributed by atoms with E-state index < -0.39 is 12.1 Å². The van der Waals surface area contributed by atoms with E-state index >= 15 is 0 Å². The zero-order chi connectivity index (χ0) is 18.8. The Morgan fingerprint density at radius 3 is 2.78 bits per heavy atom. The number of hydrogen-bond donors (Lipinski definition) is 1. The molecule has 4 rings (SSSR count). The Morgan fingerprint density at radius 2 is 1.93 bits per heavy atom. The molecular formula is C21H18N2O3S. The number of aromatic amines is 1. The minimum Gasteiger partial charge on any atom is -0.454 e. The van der Waals surface area contributed by atoms with Crippen LogP contribution in [0.3, 0.4) is 0 Å². The number of thiazole rings is 1. The van der Waals surface area contributed by atoms with Crippen molar-refractivity contribution in [1.29, 1.82) is 0 Å². The minimum absolute atomic E-state index is 0.200. The molecule has 6 heteroatoms. The third kappa shape index (κ3) is 3.61. The second-order valence-corrected chi connectivity index (χ2v) is 7.43. The average Bonchev–Trinajstić information content (AvgIpc) is 3.29. The normalized spacial score (nSPS) is 12.3. The van der Waals surface area contributed by atoms with E-state index in [0.717, 1.165) is 26.1 Å². The first-order chi connectivity index (χ1) is 13.1. The van der Waals surface area contributed by atoms with Crippen molar-refractivity contribution >= 4 is 44.2 Å². The van der Waals surface area contributed by atoms with E-state index in [-0.39, 0.29) is 12.2 Å². The molecule has 0 aliphatic carbocycles. The molecule has 2 aromatic carbocycles. The monoisotopic (exact) mass is 378 g/mol. The van der Waals surface area contributed by atoms with Crippen molar-refractivity contribution in [1.82, 2.24) is 9.97 Å². The molecule has 0 saturated carbocycles. The molecule has 0 bridgehead atoms. The van der Waals surface area contributed by atoms with Crippen LogP contribution in [0, 0.1) is 0 Å². The topological polar surface area (TPSA) is 72.0 Å². The van der Waals surface area contributed by atoms with Crippen molar-refractivity contribution in [3.05, 3.63) is 65.3 Å². The first kappa shape index (κ1) is 17.4. The molecule has 0 aliphatic rings. The predicted molar refractivity (Wildman–Crippen MR) is 106 cm³/mol. The van der Waals surface area contributed by atoms with Crippen LogP contribution in [0.1, 0.15) is 28.7 Å². The number of ketones is 1. The number of Topliss-reactive ketones (excluding diaryl/α,β-unsaturated/α-hetero) is 1. The molecule has 2 heterocycles. The molecule has 0 aliphatic heterocycles. The van der Waals surface area contributed by atoms with Gasteiger partial charge in [0.1, 0.15) is 0 Å². The van der Waals surface area contributed by atoms with E-state index in [1.165, 1.54) is 0 Å². The molecule has 0 radical (unpaired) electrons. The highest BCUT2D eigenvalue weighted by Gasteiger charge is 2.22. The van der Waals surface area contributed by atoms with Gasteiger partial charge in [-0.05, 0) is 25.1 Å². The van der Waals surface area contributed by atoms with Crippen LogP contribution in [0.25, 0.3) is 21.1 Å². The summed E-state index contributed by atoms with van der Waals surface area (Å²) in [5.74, 6) is -0.601.